The van der Waals surface area contributed by atoms with E-state index in [1.54, 1.807) is 36.5 Å². The van der Waals surface area contributed by atoms with Gasteiger partial charge in [-0.05, 0) is 35.6 Å². The van der Waals surface area contributed by atoms with E-state index in [1.165, 1.54) is 4.90 Å². The maximum Gasteiger partial charge on any atom is 0.301 e. The van der Waals surface area contributed by atoms with Gasteiger partial charge >= 0.3 is 5.91 Å². The summed E-state index contributed by atoms with van der Waals surface area (Å²) in [5.41, 5.74) is 3.22. The summed E-state index contributed by atoms with van der Waals surface area (Å²) >= 11 is 0. The summed E-state index contributed by atoms with van der Waals surface area (Å²) < 4.78 is 0. The van der Waals surface area contributed by atoms with Crippen molar-refractivity contribution < 1.29 is 14.7 Å². The Hall–Kier alpha value is -3.73. The first kappa shape index (κ1) is 20.5. The van der Waals surface area contributed by atoms with Crippen molar-refractivity contribution in [2.45, 2.75) is 32.7 Å². The second-order valence-corrected chi connectivity index (χ2v) is 8.00. The summed E-state index contributed by atoms with van der Waals surface area (Å²) in [6.45, 7) is 6.05. The molecule has 5 heteroatoms. The Morgan fingerprint density at radius 1 is 0.968 bits per heavy atom. The second kappa shape index (κ2) is 8.19. The number of hydrogen-bond acceptors (Lipinski definition) is 4. The first-order valence-corrected chi connectivity index (χ1v) is 10.3. The maximum absolute atomic E-state index is 13.2. The number of rotatable bonds is 4. The zero-order valence-electron chi connectivity index (χ0n) is 17.7. The lowest BCUT2D eigenvalue weighted by Gasteiger charge is -2.26. The van der Waals surface area contributed by atoms with Crippen LogP contribution in [0.4, 0.5) is 5.82 Å². The Morgan fingerprint density at radius 2 is 1.65 bits per heavy atom. The van der Waals surface area contributed by atoms with Crippen LogP contribution in [0, 0.1) is 6.92 Å². The minimum Gasteiger partial charge on any atom is -0.507 e. The van der Waals surface area contributed by atoms with Gasteiger partial charge in [-0.25, -0.2) is 4.98 Å². The van der Waals surface area contributed by atoms with Gasteiger partial charge in [-0.2, -0.15) is 0 Å². The number of amides is 1. The van der Waals surface area contributed by atoms with Gasteiger partial charge in [-0.1, -0.05) is 74.5 Å². The molecular weight excluding hydrogens is 388 g/mol. The molecule has 2 aromatic carbocycles. The lowest BCUT2D eigenvalue weighted by molar-refractivity contribution is -0.132. The van der Waals surface area contributed by atoms with Crippen molar-refractivity contribution in [3.63, 3.8) is 0 Å². The van der Waals surface area contributed by atoms with Gasteiger partial charge < -0.3 is 5.11 Å². The van der Waals surface area contributed by atoms with E-state index in [9.17, 15) is 14.7 Å². The molecule has 1 atom stereocenters. The molecule has 1 amide bonds. The SMILES string of the molecule is Cc1cccnc1N1C(=O)C(=O)/C(=C(/O)c2ccccc2)C1c1ccc(C(C)C)cc1. The van der Waals surface area contributed by atoms with E-state index in [0.29, 0.717) is 17.3 Å². The van der Waals surface area contributed by atoms with Crippen LogP contribution >= 0.6 is 0 Å². The lowest BCUT2D eigenvalue weighted by Crippen LogP contribution is -2.30. The van der Waals surface area contributed by atoms with Gasteiger partial charge in [0.15, 0.2) is 0 Å². The van der Waals surface area contributed by atoms with E-state index in [2.05, 4.69) is 18.8 Å². The third-order valence-corrected chi connectivity index (χ3v) is 5.62. The van der Waals surface area contributed by atoms with Gasteiger partial charge in [-0.15, -0.1) is 0 Å². The number of aliphatic hydroxyl groups is 1. The molecule has 156 valence electrons. The van der Waals surface area contributed by atoms with E-state index >= 15 is 0 Å². The Bertz CT molecular complexity index is 1160. The molecule has 1 aliphatic rings. The fraction of sp³-hybridized carbons (Fsp3) is 0.192. The lowest BCUT2D eigenvalue weighted by atomic mass is 9.93. The first-order valence-electron chi connectivity index (χ1n) is 10.3. The molecule has 0 spiro atoms. The fourth-order valence-electron chi connectivity index (χ4n) is 3.91. The number of aromatic nitrogens is 1. The highest BCUT2D eigenvalue weighted by molar-refractivity contribution is 6.51. The van der Waals surface area contributed by atoms with Crippen LogP contribution in [0.3, 0.4) is 0 Å². The van der Waals surface area contributed by atoms with E-state index < -0.39 is 17.7 Å². The van der Waals surface area contributed by atoms with Crippen molar-refractivity contribution >= 4 is 23.3 Å². The third kappa shape index (κ3) is 3.63. The van der Waals surface area contributed by atoms with Crippen molar-refractivity contribution in [1.29, 1.82) is 0 Å². The Balaban J connectivity index is 1.94. The number of aryl methyl sites for hydroxylation is 1. The molecule has 5 nitrogen and oxygen atoms in total. The van der Waals surface area contributed by atoms with E-state index in [-0.39, 0.29) is 11.3 Å². The molecule has 1 unspecified atom stereocenters. The van der Waals surface area contributed by atoms with Gasteiger partial charge in [-0.3, -0.25) is 14.5 Å². The molecule has 3 aromatic rings. The van der Waals surface area contributed by atoms with Crippen LogP contribution in [0.5, 0.6) is 0 Å². The number of benzene rings is 2. The van der Waals surface area contributed by atoms with Gasteiger partial charge in [0, 0.05) is 11.8 Å². The molecule has 0 radical (unpaired) electrons. The minimum atomic E-state index is -0.769. The average Bonchev–Trinajstić information content (AvgIpc) is 3.05. The highest BCUT2D eigenvalue weighted by atomic mass is 16.3. The van der Waals surface area contributed by atoms with Crippen LogP contribution in [-0.4, -0.2) is 21.8 Å². The summed E-state index contributed by atoms with van der Waals surface area (Å²) in [5, 5.41) is 11.1. The van der Waals surface area contributed by atoms with Crippen LogP contribution in [0.25, 0.3) is 5.76 Å². The molecule has 1 N–H and O–H groups in total. The standard InChI is InChI=1S/C26H24N2O3/c1-16(2)18-11-13-19(14-12-18)22-21(23(29)20-9-5-4-6-10-20)24(30)26(31)28(22)25-17(3)8-7-15-27-25/h4-16,22,29H,1-3H3/b23-21+. The molecule has 0 aliphatic carbocycles. The second-order valence-electron chi connectivity index (χ2n) is 8.00. The number of aliphatic hydroxyl groups excluding tert-OH is 1. The molecule has 0 saturated carbocycles. The van der Waals surface area contributed by atoms with Crippen LogP contribution in [0.2, 0.25) is 0 Å². The zero-order chi connectivity index (χ0) is 22.1. The Kier molecular flexibility index (Phi) is 5.42. The summed E-state index contributed by atoms with van der Waals surface area (Å²) in [5.74, 6) is -0.841. The molecule has 1 fully saturated rings. The molecule has 2 heterocycles. The monoisotopic (exact) mass is 412 g/mol. The molecule has 0 bridgehead atoms. The van der Waals surface area contributed by atoms with E-state index in [1.807, 2.05) is 43.3 Å². The van der Waals surface area contributed by atoms with Crippen LogP contribution in [0.15, 0.2) is 78.5 Å². The molecule has 1 saturated heterocycles. The van der Waals surface area contributed by atoms with E-state index in [0.717, 1.165) is 16.7 Å². The normalized spacial score (nSPS) is 18.1. The number of hydrogen-bond donors (Lipinski definition) is 1. The summed E-state index contributed by atoms with van der Waals surface area (Å²) in [6, 6.07) is 19.5. The van der Waals surface area contributed by atoms with Crippen LogP contribution in [-0.2, 0) is 9.59 Å². The molecule has 1 aliphatic heterocycles. The van der Waals surface area contributed by atoms with Crippen molar-refractivity contribution in [3.8, 4) is 0 Å². The molecule has 31 heavy (non-hydrogen) atoms. The smallest absolute Gasteiger partial charge is 0.301 e. The quantitative estimate of drug-likeness (QED) is 0.366. The number of carbonyl (C=O) groups is 2. The number of pyridine rings is 1. The molecule has 4 rings (SSSR count). The summed E-state index contributed by atoms with van der Waals surface area (Å²) in [6.07, 6.45) is 1.60. The number of nitrogens with zero attached hydrogens (tertiary/aromatic N) is 2. The highest BCUT2D eigenvalue weighted by Gasteiger charge is 2.47. The van der Waals surface area contributed by atoms with Crippen LogP contribution < -0.4 is 4.90 Å². The Morgan fingerprint density at radius 3 is 2.26 bits per heavy atom. The number of carbonyl (C=O) groups excluding carboxylic acids is 2. The predicted molar refractivity (Wildman–Crippen MR) is 121 cm³/mol. The molecule has 1 aromatic heterocycles. The predicted octanol–water partition coefficient (Wildman–Crippen LogP) is 5.14. The fourth-order valence-corrected chi connectivity index (χ4v) is 3.91. The van der Waals surface area contributed by atoms with Crippen molar-refractivity contribution in [2.75, 3.05) is 4.90 Å². The van der Waals surface area contributed by atoms with E-state index in [4.69, 9.17) is 0 Å². The summed E-state index contributed by atoms with van der Waals surface area (Å²) in [4.78, 5) is 32.1. The number of Topliss-reactive ketones (excluding diaryl/α,β-unsaturated/α-hetero) is 1. The van der Waals surface area contributed by atoms with Gasteiger partial charge in [0.05, 0.1) is 11.6 Å². The minimum absolute atomic E-state index is 0.0681. The van der Waals surface area contributed by atoms with Crippen molar-refractivity contribution in [1.82, 2.24) is 4.98 Å². The largest absolute Gasteiger partial charge is 0.507 e. The van der Waals surface area contributed by atoms with Crippen LogP contribution in [0.1, 0.15) is 48.1 Å². The third-order valence-electron chi connectivity index (χ3n) is 5.62. The average molecular weight is 412 g/mol. The van der Waals surface area contributed by atoms with Crippen molar-refractivity contribution in [2.24, 2.45) is 0 Å². The molecular formula is C26H24N2O3. The highest BCUT2D eigenvalue weighted by Crippen LogP contribution is 2.42. The zero-order valence-corrected chi connectivity index (χ0v) is 17.7. The number of ketones is 1. The summed E-state index contributed by atoms with van der Waals surface area (Å²) in [7, 11) is 0. The Labute approximate surface area is 181 Å². The number of anilines is 1. The first-order chi connectivity index (χ1) is 14.9. The van der Waals surface area contributed by atoms with Gasteiger partial charge in [0.1, 0.15) is 11.6 Å². The van der Waals surface area contributed by atoms with Gasteiger partial charge in [0.2, 0.25) is 0 Å². The topological polar surface area (TPSA) is 70.5 Å². The van der Waals surface area contributed by atoms with Crippen molar-refractivity contribution in [3.05, 3.63) is 101 Å². The maximum atomic E-state index is 13.2. The van der Waals surface area contributed by atoms with Gasteiger partial charge in [0.25, 0.3) is 5.78 Å².